The molecule has 0 saturated heterocycles. The van der Waals surface area contributed by atoms with Crippen molar-refractivity contribution < 1.29 is 19.1 Å². The summed E-state index contributed by atoms with van der Waals surface area (Å²) in [7, 11) is 0. The Labute approximate surface area is 165 Å². The largest absolute Gasteiger partial charge is 0.454 e. The third-order valence-electron chi connectivity index (χ3n) is 3.95. The molecule has 0 radical (unpaired) electrons. The van der Waals surface area contributed by atoms with Crippen molar-refractivity contribution in [1.29, 1.82) is 0 Å². The zero-order chi connectivity index (χ0) is 19.5. The van der Waals surface area contributed by atoms with Crippen LogP contribution < -0.4 is 20.1 Å². The number of rotatable bonds is 4. The Balaban J connectivity index is 1.47. The monoisotopic (exact) mass is 395 g/mol. The highest BCUT2D eigenvalue weighted by molar-refractivity contribution is 6.30. The standard InChI is InChI=1S/C20H14ClN3O4/c21-12-4-6-13(7-5-12)22-19(25)15-2-1-3-16(24-15)20(26)23-14-8-9-17-18(10-14)28-11-27-17/h1-10H,11H2,(H,22,25)(H,23,26). The van der Waals surface area contributed by atoms with Crippen molar-refractivity contribution in [2.75, 3.05) is 17.4 Å². The van der Waals surface area contributed by atoms with E-state index < -0.39 is 11.8 Å². The first-order chi connectivity index (χ1) is 13.6. The average Bonchev–Trinajstić information content (AvgIpc) is 3.17. The van der Waals surface area contributed by atoms with Gasteiger partial charge in [-0.3, -0.25) is 9.59 Å². The van der Waals surface area contributed by atoms with Gasteiger partial charge in [-0.1, -0.05) is 17.7 Å². The summed E-state index contributed by atoms with van der Waals surface area (Å²) in [5, 5.41) is 6.00. The molecular weight excluding hydrogens is 382 g/mol. The quantitative estimate of drug-likeness (QED) is 0.697. The van der Waals surface area contributed by atoms with E-state index in [0.29, 0.717) is 27.9 Å². The first-order valence-corrected chi connectivity index (χ1v) is 8.71. The molecule has 2 heterocycles. The average molecular weight is 396 g/mol. The molecule has 0 bridgehead atoms. The molecule has 8 heteroatoms. The Morgan fingerprint density at radius 1 is 0.821 bits per heavy atom. The highest BCUT2D eigenvalue weighted by atomic mass is 35.5. The molecule has 140 valence electrons. The van der Waals surface area contributed by atoms with Crippen LogP contribution >= 0.6 is 11.6 Å². The minimum absolute atomic E-state index is 0.112. The number of carbonyl (C=O) groups is 2. The zero-order valence-corrected chi connectivity index (χ0v) is 15.2. The van der Waals surface area contributed by atoms with Gasteiger partial charge in [-0.05, 0) is 48.5 Å². The van der Waals surface area contributed by atoms with Crippen LogP contribution in [0.3, 0.4) is 0 Å². The van der Waals surface area contributed by atoms with Crippen molar-refractivity contribution in [1.82, 2.24) is 4.98 Å². The van der Waals surface area contributed by atoms with E-state index in [1.165, 1.54) is 12.1 Å². The van der Waals surface area contributed by atoms with Gasteiger partial charge in [0.25, 0.3) is 11.8 Å². The van der Waals surface area contributed by atoms with E-state index in [1.807, 2.05) is 0 Å². The summed E-state index contributed by atoms with van der Waals surface area (Å²) < 4.78 is 10.5. The second-order valence-electron chi connectivity index (χ2n) is 5.89. The van der Waals surface area contributed by atoms with Gasteiger partial charge in [-0.25, -0.2) is 4.98 Å². The molecular formula is C20H14ClN3O4. The number of carbonyl (C=O) groups excluding carboxylic acids is 2. The molecule has 2 N–H and O–H groups in total. The number of amides is 2. The number of nitrogens with zero attached hydrogens (tertiary/aromatic N) is 1. The molecule has 4 rings (SSSR count). The molecule has 2 amide bonds. The lowest BCUT2D eigenvalue weighted by molar-refractivity contribution is 0.101. The molecule has 28 heavy (non-hydrogen) atoms. The number of pyridine rings is 1. The van der Waals surface area contributed by atoms with E-state index in [0.717, 1.165) is 0 Å². The minimum Gasteiger partial charge on any atom is -0.454 e. The van der Waals surface area contributed by atoms with Crippen molar-refractivity contribution in [3.63, 3.8) is 0 Å². The molecule has 7 nitrogen and oxygen atoms in total. The highest BCUT2D eigenvalue weighted by Crippen LogP contribution is 2.34. The van der Waals surface area contributed by atoms with Crippen LogP contribution in [0.1, 0.15) is 21.0 Å². The Morgan fingerprint density at radius 3 is 2.14 bits per heavy atom. The number of halogens is 1. The number of hydrogen-bond acceptors (Lipinski definition) is 5. The molecule has 0 fully saturated rings. The number of nitrogens with one attached hydrogen (secondary N) is 2. The maximum absolute atomic E-state index is 12.5. The number of benzene rings is 2. The summed E-state index contributed by atoms with van der Waals surface area (Å²) >= 11 is 5.83. The molecule has 2 aromatic carbocycles. The van der Waals surface area contributed by atoms with Gasteiger partial charge >= 0.3 is 0 Å². The molecule has 1 aliphatic heterocycles. The molecule has 0 atom stereocenters. The van der Waals surface area contributed by atoms with Crippen molar-refractivity contribution in [3.8, 4) is 11.5 Å². The molecule has 0 spiro atoms. The lowest BCUT2D eigenvalue weighted by Gasteiger charge is -2.08. The maximum atomic E-state index is 12.5. The van der Waals surface area contributed by atoms with Crippen molar-refractivity contribution in [2.45, 2.75) is 0 Å². The van der Waals surface area contributed by atoms with E-state index in [9.17, 15) is 9.59 Å². The summed E-state index contributed by atoms with van der Waals surface area (Å²) in [5.41, 5.74) is 1.34. The summed E-state index contributed by atoms with van der Waals surface area (Å²) in [4.78, 5) is 29.0. The summed E-state index contributed by atoms with van der Waals surface area (Å²) in [5.74, 6) is 0.305. The van der Waals surface area contributed by atoms with Gasteiger partial charge in [0, 0.05) is 22.5 Å². The maximum Gasteiger partial charge on any atom is 0.274 e. The molecule has 1 aromatic heterocycles. The Bertz CT molecular complexity index is 1050. The SMILES string of the molecule is O=C(Nc1ccc(Cl)cc1)c1cccc(C(=O)Nc2ccc3c(c2)OCO3)n1. The summed E-state index contributed by atoms with van der Waals surface area (Å²) in [6.07, 6.45) is 0. The van der Waals surface area contributed by atoms with E-state index in [2.05, 4.69) is 15.6 Å². The van der Waals surface area contributed by atoms with Crippen LogP contribution in [0.5, 0.6) is 11.5 Å². The highest BCUT2D eigenvalue weighted by Gasteiger charge is 2.16. The Morgan fingerprint density at radius 2 is 1.43 bits per heavy atom. The van der Waals surface area contributed by atoms with Gasteiger partial charge in [0.1, 0.15) is 11.4 Å². The van der Waals surface area contributed by atoms with Gasteiger partial charge in [-0.2, -0.15) is 0 Å². The molecule has 0 saturated carbocycles. The Kier molecular flexibility index (Phi) is 4.82. The zero-order valence-electron chi connectivity index (χ0n) is 14.4. The topological polar surface area (TPSA) is 89.6 Å². The fourth-order valence-electron chi connectivity index (χ4n) is 2.59. The van der Waals surface area contributed by atoms with E-state index >= 15 is 0 Å². The van der Waals surface area contributed by atoms with E-state index in [1.54, 1.807) is 48.5 Å². The minimum atomic E-state index is -0.444. The van der Waals surface area contributed by atoms with E-state index in [-0.39, 0.29) is 18.2 Å². The Hall–Kier alpha value is -3.58. The first-order valence-electron chi connectivity index (χ1n) is 8.33. The fraction of sp³-hybridized carbons (Fsp3) is 0.0500. The third kappa shape index (κ3) is 3.89. The van der Waals surface area contributed by atoms with Crippen molar-refractivity contribution in [3.05, 3.63) is 77.1 Å². The second-order valence-corrected chi connectivity index (χ2v) is 6.33. The van der Waals surface area contributed by atoms with Gasteiger partial charge in [0.15, 0.2) is 11.5 Å². The van der Waals surface area contributed by atoms with Crippen LogP contribution in [0.15, 0.2) is 60.7 Å². The second kappa shape index (κ2) is 7.58. The number of anilines is 2. The van der Waals surface area contributed by atoms with Gasteiger partial charge < -0.3 is 20.1 Å². The number of hydrogen-bond donors (Lipinski definition) is 2. The molecule has 1 aliphatic rings. The lowest BCUT2D eigenvalue weighted by Crippen LogP contribution is -2.18. The fourth-order valence-corrected chi connectivity index (χ4v) is 2.71. The van der Waals surface area contributed by atoms with Gasteiger partial charge in [-0.15, -0.1) is 0 Å². The predicted molar refractivity (Wildman–Crippen MR) is 104 cm³/mol. The summed E-state index contributed by atoms with van der Waals surface area (Å²) in [6, 6.07) is 16.4. The number of aromatic nitrogens is 1. The predicted octanol–water partition coefficient (Wildman–Crippen LogP) is 3.97. The van der Waals surface area contributed by atoms with Crippen LogP contribution in [0.2, 0.25) is 5.02 Å². The lowest BCUT2D eigenvalue weighted by atomic mass is 10.2. The van der Waals surface area contributed by atoms with Crippen LogP contribution in [0.4, 0.5) is 11.4 Å². The van der Waals surface area contributed by atoms with Crippen LogP contribution in [-0.4, -0.2) is 23.6 Å². The third-order valence-corrected chi connectivity index (χ3v) is 4.20. The summed E-state index contributed by atoms with van der Waals surface area (Å²) in [6.45, 7) is 0.152. The normalized spacial score (nSPS) is 11.8. The molecule has 0 aliphatic carbocycles. The molecule has 3 aromatic rings. The van der Waals surface area contributed by atoms with Crippen LogP contribution in [-0.2, 0) is 0 Å². The van der Waals surface area contributed by atoms with Crippen LogP contribution in [0.25, 0.3) is 0 Å². The molecule has 0 unspecified atom stereocenters. The van der Waals surface area contributed by atoms with E-state index in [4.69, 9.17) is 21.1 Å². The number of fused-ring (bicyclic) bond motifs is 1. The van der Waals surface area contributed by atoms with Crippen molar-refractivity contribution in [2.24, 2.45) is 0 Å². The smallest absolute Gasteiger partial charge is 0.274 e. The van der Waals surface area contributed by atoms with Crippen LogP contribution in [0, 0.1) is 0 Å². The van der Waals surface area contributed by atoms with Crippen molar-refractivity contribution >= 4 is 34.8 Å². The number of ether oxygens (including phenoxy) is 2. The first kappa shape index (κ1) is 17.8. The van der Waals surface area contributed by atoms with Gasteiger partial charge in [0.05, 0.1) is 0 Å². The van der Waals surface area contributed by atoms with Gasteiger partial charge in [0.2, 0.25) is 6.79 Å².